The Morgan fingerprint density at radius 1 is 1.17 bits per heavy atom. The fraction of sp³-hybridized carbons (Fsp3) is 0.737. The van der Waals surface area contributed by atoms with E-state index in [1.807, 2.05) is 17.9 Å². The lowest BCUT2D eigenvalue weighted by molar-refractivity contribution is 0.0315. The largest absolute Gasteiger partial charge is 0.391 e. The van der Waals surface area contributed by atoms with Gasteiger partial charge in [0.15, 0.2) is 0 Å². The van der Waals surface area contributed by atoms with Crippen molar-refractivity contribution in [1.29, 1.82) is 0 Å². The van der Waals surface area contributed by atoms with Crippen molar-refractivity contribution in [2.24, 2.45) is 0 Å². The van der Waals surface area contributed by atoms with E-state index in [1.165, 1.54) is 0 Å². The Hall–Kier alpha value is -1.33. The molecule has 2 atom stereocenters. The molecule has 1 saturated carbocycles. The average Bonchev–Trinajstić information content (AvgIpc) is 3.10. The molecule has 5 heteroatoms. The number of aromatic nitrogens is 1. The average molecular weight is 333 g/mol. The van der Waals surface area contributed by atoms with Gasteiger partial charge in [0, 0.05) is 49.7 Å². The van der Waals surface area contributed by atoms with E-state index < -0.39 is 0 Å². The lowest BCUT2D eigenvalue weighted by atomic mass is 10.1. The molecule has 1 aliphatic heterocycles. The van der Waals surface area contributed by atoms with Crippen LogP contribution in [0.4, 0.5) is 0 Å². The normalized spacial score (nSPS) is 25.7. The first-order chi connectivity index (χ1) is 11.4. The molecule has 134 valence electrons. The summed E-state index contributed by atoms with van der Waals surface area (Å²) in [6, 6.07) is 2.70. The summed E-state index contributed by atoms with van der Waals surface area (Å²) >= 11 is 0. The Balaban J connectivity index is 1.66. The van der Waals surface area contributed by atoms with Gasteiger partial charge >= 0.3 is 0 Å². The molecule has 1 aromatic heterocycles. The van der Waals surface area contributed by atoms with Crippen molar-refractivity contribution in [2.75, 3.05) is 26.2 Å². The van der Waals surface area contributed by atoms with E-state index in [0.717, 1.165) is 62.4 Å². The van der Waals surface area contributed by atoms with Crippen LogP contribution in [0.5, 0.6) is 0 Å². The number of amides is 1. The van der Waals surface area contributed by atoms with Crippen LogP contribution >= 0.6 is 0 Å². The maximum absolute atomic E-state index is 12.9. The van der Waals surface area contributed by atoms with Crippen LogP contribution in [0, 0.1) is 13.8 Å². The molecule has 3 rings (SSSR count). The molecule has 0 bridgehead atoms. The smallest absolute Gasteiger partial charge is 0.255 e. The minimum absolute atomic E-state index is 0.154. The van der Waals surface area contributed by atoms with Crippen LogP contribution in [0.2, 0.25) is 0 Å². The van der Waals surface area contributed by atoms with Gasteiger partial charge in [-0.3, -0.25) is 9.69 Å². The maximum Gasteiger partial charge on any atom is 0.255 e. The van der Waals surface area contributed by atoms with Crippen molar-refractivity contribution in [3.05, 3.63) is 23.0 Å². The first-order valence-corrected chi connectivity index (χ1v) is 9.30. The summed E-state index contributed by atoms with van der Waals surface area (Å²) < 4.78 is 2.23. The van der Waals surface area contributed by atoms with E-state index in [0.29, 0.717) is 12.1 Å². The zero-order chi connectivity index (χ0) is 17.4. The summed E-state index contributed by atoms with van der Waals surface area (Å²) in [7, 11) is 0. The molecule has 2 aliphatic rings. The molecule has 1 aliphatic carbocycles. The van der Waals surface area contributed by atoms with E-state index in [9.17, 15) is 9.90 Å². The van der Waals surface area contributed by atoms with Crippen molar-refractivity contribution >= 4 is 5.91 Å². The van der Waals surface area contributed by atoms with E-state index >= 15 is 0 Å². The molecule has 2 fully saturated rings. The minimum atomic E-state index is -0.183. The standard InChI is InChI=1S/C19H31N3O2/c1-13(2)22-14(3)12-16(15(22)4)19(24)21-10-8-20(9-11-21)17-6-5-7-18(17)23/h12-13,17-18,23H,5-11H2,1-4H3. The van der Waals surface area contributed by atoms with Crippen LogP contribution in [-0.4, -0.2) is 63.7 Å². The highest BCUT2D eigenvalue weighted by Crippen LogP contribution is 2.26. The second-order valence-corrected chi connectivity index (χ2v) is 7.64. The van der Waals surface area contributed by atoms with Crippen molar-refractivity contribution in [3.63, 3.8) is 0 Å². The predicted octanol–water partition coefficient (Wildman–Crippen LogP) is 2.36. The lowest BCUT2D eigenvalue weighted by Crippen LogP contribution is -2.53. The molecule has 5 nitrogen and oxygen atoms in total. The van der Waals surface area contributed by atoms with E-state index in [-0.39, 0.29) is 12.0 Å². The first kappa shape index (κ1) is 17.5. The van der Waals surface area contributed by atoms with Gasteiger partial charge in [-0.25, -0.2) is 0 Å². The third-order valence-corrected chi connectivity index (χ3v) is 5.75. The van der Waals surface area contributed by atoms with E-state index in [4.69, 9.17) is 0 Å². The quantitative estimate of drug-likeness (QED) is 0.924. The number of aliphatic hydroxyl groups excluding tert-OH is 1. The summed E-state index contributed by atoms with van der Waals surface area (Å²) in [5, 5.41) is 10.1. The van der Waals surface area contributed by atoms with Crippen molar-refractivity contribution in [3.8, 4) is 0 Å². The highest BCUT2D eigenvalue weighted by Gasteiger charge is 2.34. The molecule has 1 N–H and O–H groups in total. The number of carbonyl (C=O) groups is 1. The summed E-state index contributed by atoms with van der Waals surface area (Å²) in [6.45, 7) is 11.7. The fourth-order valence-electron chi connectivity index (χ4n) is 4.56. The summed E-state index contributed by atoms with van der Waals surface area (Å²) in [5.41, 5.74) is 3.07. The van der Waals surface area contributed by atoms with E-state index in [1.54, 1.807) is 0 Å². The lowest BCUT2D eigenvalue weighted by Gasteiger charge is -2.39. The summed E-state index contributed by atoms with van der Waals surface area (Å²) in [6.07, 6.45) is 2.94. The number of rotatable bonds is 3. The number of hydrogen-bond donors (Lipinski definition) is 1. The number of aliphatic hydroxyl groups is 1. The van der Waals surface area contributed by atoms with Crippen molar-refractivity contribution in [1.82, 2.24) is 14.4 Å². The van der Waals surface area contributed by atoms with Gasteiger partial charge in [0.1, 0.15) is 0 Å². The third-order valence-electron chi connectivity index (χ3n) is 5.75. The number of nitrogens with zero attached hydrogens (tertiary/aromatic N) is 3. The molecule has 1 aromatic rings. The number of carbonyl (C=O) groups excluding carboxylic acids is 1. The highest BCUT2D eigenvalue weighted by atomic mass is 16.3. The van der Waals surface area contributed by atoms with E-state index in [2.05, 4.69) is 30.2 Å². The second kappa shape index (κ2) is 6.89. The van der Waals surface area contributed by atoms with Crippen LogP contribution in [0.1, 0.15) is 60.9 Å². The zero-order valence-electron chi connectivity index (χ0n) is 15.5. The number of aryl methyl sites for hydroxylation is 1. The van der Waals surface area contributed by atoms with Gasteiger partial charge in [0.05, 0.1) is 11.7 Å². The Morgan fingerprint density at radius 3 is 2.33 bits per heavy atom. The third kappa shape index (κ3) is 3.11. The van der Waals surface area contributed by atoms with Crippen molar-refractivity contribution < 1.29 is 9.90 Å². The minimum Gasteiger partial charge on any atom is -0.391 e. The van der Waals surface area contributed by atoms with Gasteiger partial charge in [-0.1, -0.05) is 0 Å². The summed E-state index contributed by atoms with van der Waals surface area (Å²) in [5.74, 6) is 0.154. The first-order valence-electron chi connectivity index (χ1n) is 9.30. The monoisotopic (exact) mass is 333 g/mol. The molecule has 0 aromatic carbocycles. The molecule has 0 radical (unpaired) electrons. The molecule has 24 heavy (non-hydrogen) atoms. The number of hydrogen-bond acceptors (Lipinski definition) is 3. The molecular weight excluding hydrogens is 302 g/mol. The maximum atomic E-state index is 12.9. The van der Waals surface area contributed by atoms with Crippen LogP contribution < -0.4 is 0 Å². The number of piperazine rings is 1. The van der Waals surface area contributed by atoms with Gasteiger partial charge in [0.2, 0.25) is 0 Å². The summed E-state index contributed by atoms with van der Waals surface area (Å²) in [4.78, 5) is 17.3. The topological polar surface area (TPSA) is 48.7 Å². The van der Waals surface area contributed by atoms with Gasteiger partial charge in [0.25, 0.3) is 5.91 Å². The SMILES string of the molecule is Cc1cc(C(=O)N2CCN(C3CCCC3O)CC2)c(C)n1C(C)C. The predicted molar refractivity (Wildman–Crippen MR) is 95.4 cm³/mol. The van der Waals surface area contributed by atoms with Gasteiger partial charge in [-0.2, -0.15) is 0 Å². The Labute approximate surface area is 145 Å². The molecule has 1 saturated heterocycles. The van der Waals surface area contributed by atoms with Crippen LogP contribution in [0.3, 0.4) is 0 Å². The van der Waals surface area contributed by atoms with Crippen LogP contribution in [0.15, 0.2) is 6.07 Å². The molecular formula is C19H31N3O2. The zero-order valence-corrected chi connectivity index (χ0v) is 15.5. The molecule has 0 spiro atoms. The Bertz CT molecular complexity index is 600. The Kier molecular flexibility index (Phi) is 5.02. The molecule has 1 amide bonds. The molecule has 2 unspecified atom stereocenters. The van der Waals surface area contributed by atoms with Gasteiger partial charge < -0.3 is 14.6 Å². The van der Waals surface area contributed by atoms with Gasteiger partial charge in [-0.15, -0.1) is 0 Å². The van der Waals surface area contributed by atoms with Crippen LogP contribution in [0.25, 0.3) is 0 Å². The van der Waals surface area contributed by atoms with Crippen molar-refractivity contribution in [2.45, 2.75) is 65.1 Å². The second-order valence-electron chi connectivity index (χ2n) is 7.64. The highest BCUT2D eigenvalue weighted by molar-refractivity contribution is 5.95. The van der Waals surface area contributed by atoms with Gasteiger partial charge in [-0.05, 0) is 53.0 Å². The fourth-order valence-corrected chi connectivity index (χ4v) is 4.56. The van der Waals surface area contributed by atoms with Crippen LogP contribution in [-0.2, 0) is 0 Å². The Morgan fingerprint density at radius 2 is 1.83 bits per heavy atom. The molecule has 2 heterocycles.